The molecule has 0 aromatic heterocycles. The molecule has 0 N–H and O–H groups in total. The second-order valence-corrected chi connectivity index (χ2v) is 6.32. The molecular weight excluding hydrogens is 300 g/mol. The molecule has 0 saturated heterocycles. The van der Waals surface area contributed by atoms with Crippen LogP contribution in [-0.2, 0) is 0 Å². The van der Waals surface area contributed by atoms with E-state index in [1.165, 1.54) is 39.0 Å². The summed E-state index contributed by atoms with van der Waals surface area (Å²) in [4.78, 5) is 0. The topological polar surface area (TPSA) is 0 Å². The van der Waals surface area contributed by atoms with Crippen LogP contribution in [0.1, 0.15) is 16.7 Å². The van der Waals surface area contributed by atoms with Gasteiger partial charge in [0.15, 0.2) is 0 Å². The molecule has 2 aliphatic rings. The molecule has 2 radical (unpaired) electrons. The maximum Gasteiger partial charge on any atom is 0.0212 e. The Bertz CT molecular complexity index is 999. The fourth-order valence-corrected chi connectivity index (χ4v) is 3.74. The second kappa shape index (κ2) is 5.75. The molecule has 0 aliphatic heterocycles. The highest BCUT2D eigenvalue weighted by atomic mass is 14.3. The molecule has 0 heteroatoms. The van der Waals surface area contributed by atoms with E-state index in [4.69, 9.17) is 0 Å². The van der Waals surface area contributed by atoms with Crippen LogP contribution in [-0.4, -0.2) is 0 Å². The van der Waals surface area contributed by atoms with Crippen LogP contribution in [0.5, 0.6) is 0 Å². The van der Waals surface area contributed by atoms with Gasteiger partial charge in [-0.15, -0.1) is 0 Å². The van der Waals surface area contributed by atoms with E-state index in [0.717, 1.165) is 5.56 Å². The van der Waals surface area contributed by atoms with E-state index in [2.05, 4.69) is 91.4 Å². The Morgan fingerprint density at radius 2 is 1.28 bits per heavy atom. The maximum absolute atomic E-state index is 3.33. The quantitative estimate of drug-likeness (QED) is 0.396. The molecule has 25 heavy (non-hydrogen) atoms. The number of benzene rings is 3. The second-order valence-electron chi connectivity index (χ2n) is 6.32. The van der Waals surface area contributed by atoms with Crippen molar-refractivity contribution in [3.63, 3.8) is 0 Å². The van der Waals surface area contributed by atoms with Gasteiger partial charge in [0, 0.05) is 6.42 Å². The van der Waals surface area contributed by atoms with Crippen molar-refractivity contribution in [1.29, 1.82) is 0 Å². The number of fused-ring (bicyclic) bond motifs is 3. The summed E-state index contributed by atoms with van der Waals surface area (Å²) in [6.07, 6.45) is 8.78. The zero-order chi connectivity index (χ0) is 16.6. The first-order valence-corrected chi connectivity index (χ1v) is 8.55. The number of rotatable bonds is 1. The third-order valence-electron chi connectivity index (χ3n) is 4.85. The highest BCUT2D eigenvalue weighted by molar-refractivity contribution is 6.04. The lowest BCUT2D eigenvalue weighted by atomic mass is 9.88. The first kappa shape index (κ1) is 14.2. The van der Waals surface area contributed by atoms with Gasteiger partial charge in [0.25, 0.3) is 0 Å². The zero-order valence-corrected chi connectivity index (χ0v) is 13.7. The maximum atomic E-state index is 3.33. The predicted molar refractivity (Wildman–Crippen MR) is 105 cm³/mol. The molecule has 0 atom stereocenters. The van der Waals surface area contributed by atoms with Crippen LogP contribution < -0.4 is 0 Å². The van der Waals surface area contributed by atoms with Crippen molar-refractivity contribution in [2.45, 2.75) is 0 Å². The molecular formula is C25H16. The molecule has 0 spiro atoms. The van der Waals surface area contributed by atoms with Gasteiger partial charge in [-0.1, -0.05) is 91.0 Å². The van der Waals surface area contributed by atoms with Crippen LogP contribution in [0, 0.1) is 12.5 Å². The van der Waals surface area contributed by atoms with E-state index >= 15 is 0 Å². The summed E-state index contributed by atoms with van der Waals surface area (Å²) >= 11 is 0. The number of hydrogen-bond acceptors (Lipinski definition) is 0. The average Bonchev–Trinajstić information content (AvgIpc) is 3.03. The minimum atomic E-state index is 1.13. The molecule has 5 rings (SSSR count). The van der Waals surface area contributed by atoms with Gasteiger partial charge in [-0.2, -0.15) is 0 Å². The largest absolute Gasteiger partial charge is 0.0616 e. The van der Waals surface area contributed by atoms with Crippen LogP contribution in [0.3, 0.4) is 0 Å². The zero-order valence-electron chi connectivity index (χ0n) is 13.7. The van der Waals surface area contributed by atoms with Crippen molar-refractivity contribution in [2.75, 3.05) is 0 Å². The third kappa shape index (κ3) is 2.30. The molecule has 0 bridgehead atoms. The first-order chi connectivity index (χ1) is 12.4. The fourth-order valence-electron chi connectivity index (χ4n) is 3.74. The van der Waals surface area contributed by atoms with E-state index in [1.807, 2.05) is 12.1 Å². The van der Waals surface area contributed by atoms with Crippen LogP contribution in [0.15, 0.2) is 96.6 Å². The van der Waals surface area contributed by atoms with Crippen molar-refractivity contribution in [3.8, 4) is 11.1 Å². The van der Waals surface area contributed by atoms with Crippen LogP contribution in [0.25, 0.3) is 22.3 Å². The van der Waals surface area contributed by atoms with Gasteiger partial charge in [-0.3, -0.25) is 0 Å². The van der Waals surface area contributed by atoms with Crippen LogP contribution in [0.2, 0.25) is 0 Å². The van der Waals surface area contributed by atoms with Gasteiger partial charge in [0.1, 0.15) is 0 Å². The van der Waals surface area contributed by atoms with Gasteiger partial charge in [-0.25, -0.2) is 0 Å². The third-order valence-corrected chi connectivity index (χ3v) is 4.85. The van der Waals surface area contributed by atoms with Crippen molar-refractivity contribution in [3.05, 3.63) is 126 Å². The number of hydrogen-bond donors (Lipinski definition) is 0. The summed E-state index contributed by atoms with van der Waals surface area (Å²) in [5.74, 6) is 0. The SMILES string of the molecule is [c]1ccccc1C1=CC=CC(=C2c3ccccc3-c3ccccc32)[CH]1. The molecule has 3 aromatic carbocycles. The van der Waals surface area contributed by atoms with Crippen LogP contribution in [0.4, 0.5) is 0 Å². The lowest BCUT2D eigenvalue weighted by Crippen LogP contribution is -1.96. The van der Waals surface area contributed by atoms with Gasteiger partial charge >= 0.3 is 0 Å². The van der Waals surface area contributed by atoms with Gasteiger partial charge < -0.3 is 0 Å². The number of allylic oxidation sites excluding steroid dienone is 5. The highest BCUT2D eigenvalue weighted by Crippen LogP contribution is 2.47. The molecule has 0 unspecified atom stereocenters. The summed E-state index contributed by atoms with van der Waals surface area (Å²) in [6, 6.07) is 28.9. The van der Waals surface area contributed by atoms with E-state index in [0.29, 0.717) is 0 Å². The molecule has 0 fully saturated rings. The van der Waals surface area contributed by atoms with Gasteiger partial charge in [0.2, 0.25) is 0 Å². The molecule has 0 nitrogen and oxygen atoms in total. The minimum Gasteiger partial charge on any atom is -0.0616 e. The molecule has 2 aliphatic carbocycles. The highest BCUT2D eigenvalue weighted by Gasteiger charge is 2.25. The summed E-state index contributed by atoms with van der Waals surface area (Å²) in [6.45, 7) is 0. The summed E-state index contributed by atoms with van der Waals surface area (Å²) < 4.78 is 0. The van der Waals surface area contributed by atoms with E-state index < -0.39 is 0 Å². The average molecular weight is 316 g/mol. The molecule has 0 amide bonds. The molecule has 0 saturated carbocycles. The summed E-state index contributed by atoms with van der Waals surface area (Å²) in [7, 11) is 0. The van der Waals surface area contributed by atoms with E-state index in [-0.39, 0.29) is 0 Å². The predicted octanol–water partition coefficient (Wildman–Crippen LogP) is 6.13. The van der Waals surface area contributed by atoms with E-state index in [1.54, 1.807) is 0 Å². The van der Waals surface area contributed by atoms with Crippen molar-refractivity contribution in [2.24, 2.45) is 0 Å². The monoisotopic (exact) mass is 316 g/mol. The standard InChI is InChI=1S/C25H16/c1-2-9-18(10-3-1)19-11-8-12-20(17-19)25-23-15-6-4-13-21(23)22-14-5-7-16-24(22)25/h1-9,11-17H. The van der Waals surface area contributed by atoms with Gasteiger partial charge in [-0.05, 0) is 50.6 Å². The van der Waals surface area contributed by atoms with Crippen molar-refractivity contribution in [1.82, 2.24) is 0 Å². The van der Waals surface area contributed by atoms with Crippen LogP contribution >= 0.6 is 0 Å². The van der Waals surface area contributed by atoms with Crippen molar-refractivity contribution >= 4 is 11.1 Å². The molecule has 0 heterocycles. The molecule has 3 aromatic rings. The van der Waals surface area contributed by atoms with E-state index in [9.17, 15) is 0 Å². The Hall–Kier alpha value is -3.12. The summed E-state index contributed by atoms with van der Waals surface area (Å²) in [5, 5.41) is 0. The van der Waals surface area contributed by atoms with Crippen molar-refractivity contribution < 1.29 is 0 Å². The Kier molecular flexibility index (Phi) is 3.28. The Morgan fingerprint density at radius 3 is 1.92 bits per heavy atom. The van der Waals surface area contributed by atoms with Gasteiger partial charge in [0.05, 0.1) is 0 Å². The lowest BCUT2D eigenvalue weighted by Gasteiger charge is -2.15. The fraction of sp³-hybridized carbons (Fsp3) is 0. The minimum absolute atomic E-state index is 1.13. The Labute approximate surface area is 148 Å². The Morgan fingerprint density at radius 1 is 0.640 bits per heavy atom. The Balaban J connectivity index is 1.68. The normalized spacial score (nSPS) is 15.0. The first-order valence-electron chi connectivity index (χ1n) is 8.55. The smallest absolute Gasteiger partial charge is 0.0212 e. The summed E-state index contributed by atoms with van der Waals surface area (Å²) in [5.41, 5.74) is 10.2. The lowest BCUT2D eigenvalue weighted by molar-refractivity contribution is 1.48. The molecule has 116 valence electrons.